The largest absolute Gasteiger partial charge is 0.383 e. The quantitative estimate of drug-likeness (QED) is 0.645. The molecule has 2 rings (SSSR count). The average molecular weight is 263 g/mol. The molecule has 0 spiro atoms. The Hall–Kier alpha value is -2.11. The van der Waals surface area contributed by atoms with E-state index >= 15 is 0 Å². The van der Waals surface area contributed by atoms with E-state index < -0.39 is 4.92 Å². The number of nitro benzene ring substituents is 1. The van der Waals surface area contributed by atoms with Crippen LogP contribution in [-0.4, -0.2) is 23.9 Å². The normalized spacial score (nSPS) is 15.2. The van der Waals surface area contributed by atoms with Gasteiger partial charge in [-0.15, -0.1) is 0 Å². The molecule has 102 valence electrons. The molecule has 1 aromatic rings. The maximum absolute atomic E-state index is 12.0. The van der Waals surface area contributed by atoms with Crippen molar-refractivity contribution in [2.45, 2.75) is 31.7 Å². The van der Waals surface area contributed by atoms with E-state index in [1.165, 1.54) is 18.2 Å². The number of nitrogens with one attached hydrogen (secondary N) is 2. The van der Waals surface area contributed by atoms with Crippen molar-refractivity contribution >= 4 is 17.3 Å². The van der Waals surface area contributed by atoms with Crippen LogP contribution < -0.4 is 10.6 Å². The first kappa shape index (κ1) is 13.3. The number of anilines is 1. The molecule has 0 saturated heterocycles. The summed E-state index contributed by atoms with van der Waals surface area (Å²) in [5.41, 5.74) is 0.769. The van der Waals surface area contributed by atoms with Crippen molar-refractivity contribution in [3.63, 3.8) is 0 Å². The van der Waals surface area contributed by atoms with Crippen molar-refractivity contribution in [3.8, 4) is 0 Å². The summed E-state index contributed by atoms with van der Waals surface area (Å²) in [6.45, 7) is 0. The van der Waals surface area contributed by atoms with Crippen LogP contribution >= 0.6 is 0 Å². The first-order valence-electron chi connectivity index (χ1n) is 6.39. The summed E-state index contributed by atoms with van der Waals surface area (Å²) in [5.74, 6) is -0.168. The summed E-state index contributed by atoms with van der Waals surface area (Å²) in [7, 11) is 1.60. The molecule has 0 atom stereocenters. The molecule has 19 heavy (non-hydrogen) atoms. The molecule has 0 radical (unpaired) electrons. The number of nitro groups is 1. The molecular formula is C13H17N3O3. The minimum absolute atomic E-state index is 0.0279. The van der Waals surface area contributed by atoms with Gasteiger partial charge in [-0.3, -0.25) is 14.9 Å². The maximum Gasteiger partial charge on any atom is 0.292 e. The Morgan fingerprint density at radius 2 is 2.05 bits per heavy atom. The molecule has 1 amide bonds. The molecule has 0 aliphatic heterocycles. The van der Waals surface area contributed by atoms with Gasteiger partial charge in [0.2, 0.25) is 0 Å². The van der Waals surface area contributed by atoms with E-state index in [2.05, 4.69) is 10.6 Å². The highest BCUT2D eigenvalue weighted by Crippen LogP contribution is 2.25. The Labute approximate surface area is 111 Å². The third-order valence-electron chi connectivity index (χ3n) is 3.42. The zero-order valence-electron chi connectivity index (χ0n) is 10.8. The Bertz CT molecular complexity index is 496. The van der Waals surface area contributed by atoms with Crippen LogP contribution in [0.2, 0.25) is 0 Å². The van der Waals surface area contributed by atoms with Crippen LogP contribution in [0.4, 0.5) is 11.4 Å². The molecule has 1 aromatic carbocycles. The van der Waals surface area contributed by atoms with Crippen LogP contribution in [0.1, 0.15) is 36.0 Å². The predicted molar refractivity (Wildman–Crippen MR) is 72.4 cm³/mol. The van der Waals surface area contributed by atoms with Crippen molar-refractivity contribution in [2.24, 2.45) is 0 Å². The summed E-state index contributed by atoms with van der Waals surface area (Å²) in [4.78, 5) is 22.4. The number of amides is 1. The summed E-state index contributed by atoms with van der Waals surface area (Å²) >= 11 is 0. The Morgan fingerprint density at radius 1 is 1.37 bits per heavy atom. The second kappa shape index (κ2) is 5.69. The summed E-state index contributed by atoms with van der Waals surface area (Å²) in [6, 6.07) is 4.60. The van der Waals surface area contributed by atoms with Gasteiger partial charge >= 0.3 is 0 Å². The van der Waals surface area contributed by atoms with E-state index in [1.807, 2.05) is 0 Å². The molecule has 2 N–H and O–H groups in total. The standard InChI is InChI=1S/C13H17N3O3/c1-14-11-8-9(6-7-12(11)16(18)19)13(17)15-10-4-2-3-5-10/h6-8,10,14H,2-5H2,1H3,(H,15,17). The number of benzene rings is 1. The van der Waals surface area contributed by atoms with Gasteiger partial charge in [0.1, 0.15) is 5.69 Å². The van der Waals surface area contributed by atoms with Crippen molar-refractivity contribution in [3.05, 3.63) is 33.9 Å². The van der Waals surface area contributed by atoms with E-state index in [0.29, 0.717) is 11.3 Å². The number of carbonyl (C=O) groups is 1. The SMILES string of the molecule is CNc1cc(C(=O)NC2CCCC2)ccc1[N+](=O)[O-]. The van der Waals surface area contributed by atoms with Gasteiger partial charge < -0.3 is 10.6 Å². The lowest BCUT2D eigenvalue weighted by atomic mass is 10.1. The van der Waals surface area contributed by atoms with Gasteiger partial charge in [0.05, 0.1) is 4.92 Å². The van der Waals surface area contributed by atoms with E-state index in [9.17, 15) is 14.9 Å². The molecule has 1 aliphatic carbocycles. The molecule has 0 bridgehead atoms. The molecule has 6 heteroatoms. The van der Waals surface area contributed by atoms with Crippen molar-refractivity contribution in [1.29, 1.82) is 0 Å². The molecule has 1 saturated carbocycles. The Kier molecular flexibility index (Phi) is 3.99. The third kappa shape index (κ3) is 3.01. The molecular weight excluding hydrogens is 246 g/mol. The first-order valence-corrected chi connectivity index (χ1v) is 6.39. The van der Waals surface area contributed by atoms with E-state index in [0.717, 1.165) is 25.7 Å². The number of hydrogen-bond donors (Lipinski definition) is 2. The van der Waals surface area contributed by atoms with E-state index in [1.54, 1.807) is 7.05 Å². The van der Waals surface area contributed by atoms with Crippen LogP contribution in [0.25, 0.3) is 0 Å². The fourth-order valence-corrected chi connectivity index (χ4v) is 2.38. The number of carbonyl (C=O) groups excluding carboxylic acids is 1. The maximum atomic E-state index is 12.0. The van der Waals surface area contributed by atoms with Gasteiger partial charge in [-0.2, -0.15) is 0 Å². The van der Waals surface area contributed by atoms with E-state index in [4.69, 9.17) is 0 Å². The summed E-state index contributed by atoms with van der Waals surface area (Å²) < 4.78 is 0. The van der Waals surface area contributed by atoms with Crippen LogP contribution in [0.15, 0.2) is 18.2 Å². The van der Waals surface area contributed by atoms with Crippen LogP contribution in [-0.2, 0) is 0 Å². The minimum atomic E-state index is -0.468. The topological polar surface area (TPSA) is 84.3 Å². The van der Waals surface area contributed by atoms with Crippen LogP contribution in [0.3, 0.4) is 0 Å². The second-order valence-corrected chi connectivity index (χ2v) is 4.69. The van der Waals surface area contributed by atoms with Gasteiger partial charge in [-0.25, -0.2) is 0 Å². The number of hydrogen-bond acceptors (Lipinski definition) is 4. The zero-order chi connectivity index (χ0) is 13.8. The number of nitrogens with zero attached hydrogens (tertiary/aromatic N) is 1. The highest BCUT2D eigenvalue weighted by atomic mass is 16.6. The van der Waals surface area contributed by atoms with Gasteiger partial charge in [-0.1, -0.05) is 12.8 Å². The highest BCUT2D eigenvalue weighted by molar-refractivity contribution is 5.96. The van der Waals surface area contributed by atoms with Crippen molar-refractivity contribution in [1.82, 2.24) is 5.32 Å². The Morgan fingerprint density at radius 3 is 2.63 bits per heavy atom. The van der Waals surface area contributed by atoms with Crippen LogP contribution in [0.5, 0.6) is 0 Å². The second-order valence-electron chi connectivity index (χ2n) is 4.69. The first-order chi connectivity index (χ1) is 9.11. The van der Waals surface area contributed by atoms with Gasteiger partial charge in [0, 0.05) is 24.7 Å². The monoisotopic (exact) mass is 263 g/mol. The summed E-state index contributed by atoms with van der Waals surface area (Å²) in [6.07, 6.45) is 4.31. The minimum Gasteiger partial charge on any atom is -0.383 e. The molecule has 0 heterocycles. The number of rotatable bonds is 4. The lowest BCUT2D eigenvalue weighted by Gasteiger charge is -2.12. The molecule has 1 aliphatic rings. The fourth-order valence-electron chi connectivity index (χ4n) is 2.38. The summed E-state index contributed by atoms with van der Waals surface area (Å²) in [5, 5.41) is 16.5. The molecule has 0 unspecified atom stereocenters. The molecule has 1 fully saturated rings. The molecule has 0 aromatic heterocycles. The smallest absolute Gasteiger partial charge is 0.292 e. The Balaban J connectivity index is 2.15. The zero-order valence-corrected chi connectivity index (χ0v) is 10.8. The molecule has 6 nitrogen and oxygen atoms in total. The lowest BCUT2D eigenvalue weighted by Crippen LogP contribution is -2.32. The lowest BCUT2D eigenvalue weighted by molar-refractivity contribution is -0.383. The predicted octanol–water partition coefficient (Wildman–Crippen LogP) is 2.31. The van der Waals surface area contributed by atoms with Crippen LogP contribution in [0, 0.1) is 10.1 Å². The van der Waals surface area contributed by atoms with Gasteiger partial charge in [-0.05, 0) is 25.0 Å². The average Bonchev–Trinajstić information content (AvgIpc) is 2.90. The third-order valence-corrected chi connectivity index (χ3v) is 3.42. The van der Waals surface area contributed by atoms with Crippen molar-refractivity contribution < 1.29 is 9.72 Å². The van der Waals surface area contributed by atoms with Gasteiger partial charge in [0.15, 0.2) is 0 Å². The van der Waals surface area contributed by atoms with Gasteiger partial charge in [0.25, 0.3) is 11.6 Å². The highest BCUT2D eigenvalue weighted by Gasteiger charge is 2.20. The van der Waals surface area contributed by atoms with E-state index in [-0.39, 0.29) is 17.6 Å². The fraction of sp³-hybridized carbons (Fsp3) is 0.462. The van der Waals surface area contributed by atoms with Crippen molar-refractivity contribution in [2.75, 3.05) is 12.4 Å².